The van der Waals surface area contributed by atoms with E-state index < -0.39 is 10.2 Å². The molecule has 0 aliphatic carbocycles. The van der Waals surface area contributed by atoms with Crippen LogP contribution in [0.25, 0.3) is 10.0 Å². The molecule has 7 nitrogen and oxygen atoms in total. The summed E-state index contributed by atoms with van der Waals surface area (Å²) in [6, 6.07) is 13.8. The van der Waals surface area contributed by atoms with E-state index in [4.69, 9.17) is 28.8 Å². The van der Waals surface area contributed by atoms with Crippen LogP contribution >= 0.6 is 0 Å². The normalized spacial score (nSPS) is 10.5. The number of benzene rings is 1. The molecule has 9 heteroatoms. The Bertz CT molecular complexity index is 692. The third-order valence-corrected chi connectivity index (χ3v) is 4.60. The first kappa shape index (κ1) is 19.5. The smallest absolute Gasteiger partial charge is 0.112 e. The third-order valence-electron chi connectivity index (χ3n) is 2.44. The second kappa shape index (κ2) is 8.95. The first-order valence-corrected chi connectivity index (χ1v) is 9.24. The van der Waals surface area contributed by atoms with Gasteiger partial charge in [-0.2, -0.15) is 0 Å². The number of carbonyl (C=O) groups is 1. The Labute approximate surface area is 140 Å². The molecule has 1 heterocycles. The van der Waals surface area contributed by atoms with Gasteiger partial charge in [0.2, 0.25) is 0 Å². The van der Waals surface area contributed by atoms with Crippen LogP contribution in [0.1, 0.15) is 17.3 Å². The topological polar surface area (TPSA) is 144 Å². The average Bonchev–Trinajstić information content (AvgIpc) is 2.46. The van der Waals surface area contributed by atoms with Crippen molar-refractivity contribution in [1.82, 2.24) is 0 Å². The standard InChI is InChI=1S/C14H13NO2Se.ClHO4/c1-2-17-14(16)11-8-9-12(18-13(11)15)10-6-4-3-5-7-10;2-1(3,4)5/h3-9,15H,2H2,1H3;(H,2,3,4,5). The van der Waals surface area contributed by atoms with E-state index in [1.807, 2.05) is 36.4 Å². The quantitative estimate of drug-likeness (QED) is 0.402. The molecule has 2 rings (SSSR count). The van der Waals surface area contributed by atoms with Crippen LogP contribution < -0.4 is 28.3 Å². The molecule has 0 aliphatic rings. The minimum atomic E-state index is -4.94. The maximum absolute atomic E-state index is 11.6. The summed E-state index contributed by atoms with van der Waals surface area (Å²) in [5.74, 6) is -0.333. The molecule has 2 N–H and O–H groups in total. The largest absolute Gasteiger partial charge is 0.222 e. The first-order valence-electron chi connectivity index (χ1n) is 6.29. The van der Waals surface area contributed by atoms with Crippen molar-refractivity contribution in [2.45, 2.75) is 6.92 Å². The molecule has 0 atom stereocenters. The van der Waals surface area contributed by atoms with Gasteiger partial charge >= 0.3 is 111 Å². The number of hydrogen-bond acceptors (Lipinski definition) is 6. The van der Waals surface area contributed by atoms with Gasteiger partial charge in [0.05, 0.1) is 0 Å². The van der Waals surface area contributed by atoms with Gasteiger partial charge in [0.15, 0.2) is 0 Å². The fourth-order valence-corrected chi connectivity index (χ4v) is 3.45. The number of hydrogen-bond donors (Lipinski definition) is 1. The van der Waals surface area contributed by atoms with Gasteiger partial charge in [0.1, 0.15) is 0 Å². The molecule has 0 fully saturated rings. The van der Waals surface area contributed by atoms with E-state index >= 15 is 0 Å². The summed E-state index contributed by atoms with van der Waals surface area (Å²) < 4.78 is 40.7. The minimum absolute atomic E-state index is 0.0296. The SMILES string of the molecule is CCOC(=O)c1ccc(-c2ccccc2)[se]c1=[NH2+].[O-][Cl+3]([O-])([O-])[O-]. The number of rotatable bonds is 3. The molecule has 124 valence electrons. The Morgan fingerprint density at radius 1 is 1.13 bits per heavy atom. The van der Waals surface area contributed by atoms with Crippen LogP contribution in [0.15, 0.2) is 42.5 Å². The maximum atomic E-state index is 11.6. The van der Waals surface area contributed by atoms with E-state index in [0.717, 1.165) is 5.56 Å². The second-order valence-corrected chi connectivity index (χ2v) is 7.07. The predicted molar refractivity (Wildman–Crippen MR) is 69.8 cm³/mol. The molecule has 0 bridgehead atoms. The van der Waals surface area contributed by atoms with Gasteiger partial charge in [-0.15, -0.1) is 10.2 Å². The number of esters is 1. The monoisotopic (exact) mass is 407 g/mol. The number of halogens is 1. The number of ether oxygens (including phenoxy) is 1. The summed E-state index contributed by atoms with van der Waals surface area (Å²) >= 11 is -0.0296. The molecular formula is C14H14ClNO6Se. The Morgan fingerprint density at radius 2 is 1.70 bits per heavy atom. The fraction of sp³-hybridized carbons (Fsp3) is 0.143. The van der Waals surface area contributed by atoms with E-state index in [9.17, 15) is 4.79 Å². The molecule has 0 saturated heterocycles. The second-order valence-electron chi connectivity index (χ2n) is 4.04. The van der Waals surface area contributed by atoms with Crippen LogP contribution in [-0.2, 0) is 4.74 Å². The van der Waals surface area contributed by atoms with E-state index in [-0.39, 0.29) is 20.5 Å². The van der Waals surface area contributed by atoms with Crippen LogP contribution in [0, 0.1) is 10.2 Å². The molecule has 23 heavy (non-hydrogen) atoms. The number of nitrogens with two attached hydrogens (primary N) is 1. The van der Waals surface area contributed by atoms with Gasteiger partial charge in [0.25, 0.3) is 0 Å². The molecule has 0 amide bonds. The molecule has 0 aliphatic heterocycles. The summed E-state index contributed by atoms with van der Waals surface area (Å²) in [6.07, 6.45) is 0. The Balaban J connectivity index is 0.000000463. The van der Waals surface area contributed by atoms with Gasteiger partial charge in [-0.05, 0) is 0 Å². The van der Waals surface area contributed by atoms with Crippen molar-refractivity contribution in [2.75, 3.05) is 6.61 Å². The Morgan fingerprint density at radius 3 is 2.17 bits per heavy atom. The molecule has 0 saturated carbocycles. The van der Waals surface area contributed by atoms with E-state index in [1.54, 1.807) is 13.0 Å². The van der Waals surface area contributed by atoms with E-state index in [1.165, 1.54) is 4.44 Å². The van der Waals surface area contributed by atoms with Gasteiger partial charge in [-0.3, -0.25) is 0 Å². The summed E-state index contributed by atoms with van der Waals surface area (Å²) in [6.45, 7) is 2.15. The molecule has 0 unspecified atom stereocenters. The predicted octanol–water partition coefficient (Wildman–Crippen LogP) is -4.51. The third kappa shape index (κ3) is 7.53. The Hall–Kier alpha value is -1.51. The zero-order chi connectivity index (χ0) is 17.5. The van der Waals surface area contributed by atoms with Crippen molar-refractivity contribution in [3.05, 3.63) is 52.3 Å². The van der Waals surface area contributed by atoms with Crippen molar-refractivity contribution in [3.63, 3.8) is 0 Å². The van der Waals surface area contributed by atoms with Crippen molar-refractivity contribution in [1.29, 1.82) is 0 Å². The van der Waals surface area contributed by atoms with Crippen molar-refractivity contribution < 1.29 is 43.8 Å². The van der Waals surface area contributed by atoms with Gasteiger partial charge in [0, 0.05) is 0 Å². The average molecular weight is 407 g/mol. The van der Waals surface area contributed by atoms with Crippen LogP contribution in [-0.4, -0.2) is 27.1 Å². The van der Waals surface area contributed by atoms with Crippen molar-refractivity contribution in [3.8, 4) is 10.0 Å². The fourth-order valence-electron chi connectivity index (χ4n) is 1.58. The van der Waals surface area contributed by atoms with Gasteiger partial charge in [-0.1, -0.05) is 0 Å². The summed E-state index contributed by atoms with van der Waals surface area (Å²) in [4.78, 5) is 11.6. The molecule has 1 aromatic heterocycles. The van der Waals surface area contributed by atoms with Crippen molar-refractivity contribution in [2.24, 2.45) is 0 Å². The molecule has 1 aromatic carbocycles. The summed E-state index contributed by atoms with van der Waals surface area (Å²) in [5.41, 5.74) is 1.65. The molecule has 2 aromatic rings. The Kier molecular flexibility index (Phi) is 7.60. The molecule has 0 radical (unpaired) electrons. The maximum Gasteiger partial charge on any atom is -0.112 e. The van der Waals surface area contributed by atoms with Gasteiger partial charge < -0.3 is 0 Å². The summed E-state index contributed by atoms with van der Waals surface area (Å²) in [5, 5.41) is 5.97. The van der Waals surface area contributed by atoms with E-state index in [2.05, 4.69) is 0 Å². The zero-order valence-electron chi connectivity index (χ0n) is 12.1. The minimum Gasteiger partial charge on any atom is -0.222 e. The number of carbonyl (C=O) groups excluding carboxylic acids is 1. The van der Waals surface area contributed by atoms with Crippen LogP contribution in [0.4, 0.5) is 0 Å². The van der Waals surface area contributed by atoms with Gasteiger partial charge in [-0.25, -0.2) is 18.6 Å². The zero-order valence-corrected chi connectivity index (χ0v) is 14.5. The molecular weight excluding hydrogens is 393 g/mol. The first-order chi connectivity index (χ1) is 10.7. The van der Waals surface area contributed by atoms with Crippen molar-refractivity contribution >= 4 is 20.5 Å². The van der Waals surface area contributed by atoms with E-state index in [0.29, 0.717) is 16.4 Å². The summed E-state index contributed by atoms with van der Waals surface area (Å²) in [7, 11) is -4.94. The van der Waals surface area contributed by atoms with Crippen LogP contribution in [0.3, 0.4) is 0 Å². The van der Waals surface area contributed by atoms with Crippen LogP contribution in [0.5, 0.6) is 0 Å². The van der Waals surface area contributed by atoms with Crippen LogP contribution in [0.2, 0.25) is 0 Å². The molecule has 0 spiro atoms.